The molecule has 0 radical (unpaired) electrons. The van der Waals surface area contributed by atoms with Crippen LogP contribution in [0.3, 0.4) is 0 Å². The van der Waals surface area contributed by atoms with Gasteiger partial charge in [-0.15, -0.1) is 0 Å². The van der Waals surface area contributed by atoms with E-state index in [0.717, 1.165) is 4.90 Å². The second-order valence-electron chi connectivity index (χ2n) is 2.92. The summed E-state index contributed by atoms with van der Waals surface area (Å²) in [6, 6.07) is 0. The van der Waals surface area contributed by atoms with E-state index in [1.165, 1.54) is 18.8 Å². The summed E-state index contributed by atoms with van der Waals surface area (Å²) in [6.45, 7) is -0.161. The number of carbonyl (C=O) groups is 3. The zero-order chi connectivity index (χ0) is 10.7. The average Bonchev–Trinajstić information content (AvgIpc) is 2.44. The van der Waals surface area contributed by atoms with Crippen LogP contribution in [0.4, 0.5) is 0 Å². The first-order valence-corrected chi connectivity index (χ1v) is 5.46. The highest BCUT2D eigenvalue weighted by Crippen LogP contribution is 2.22. The van der Waals surface area contributed by atoms with Crippen LogP contribution in [0.25, 0.3) is 0 Å². The van der Waals surface area contributed by atoms with Crippen LogP contribution in [0.5, 0.6) is 0 Å². The second-order valence-corrected chi connectivity index (χ2v) is 3.96. The number of nitrogens with zero attached hydrogens (tertiary/aromatic N) is 1. The fraction of sp³-hybridized carbons (Fsp3) is 0.625. The van der Waals surface area contributed by atoms with E-state index >= 15 is 0 Å². The molecule has 1 unspecified atom stereocenters. The lowest BCUT2D eigenvalue weighted by Gasteiger charge is -2.12. The van der Waals surface area contributed by atoms with E-state index in [-0.39, 0.29) is 35.9 Å². The largest absolute Gasteiger partial charge is 0.358 e. The zero-order valence-electron chi connectivity index (χ0n) is 8.07. The molecule has 1 aliphatic heterocycles. The Hall–Kier alpha value is -1.04. The number of hydrogen-bond acceptors (Lipinski definition) is 4. The summed E-state index contributed by atoms with van der Waals surface area (Å²) in [4.78, 5) is 34.8. The Kier molecular flexibility index (Phi) is 3.51. The third kappa shape index (κ3) is 2.06. The smallest absolute Gasteiger partial charge is 0.243 e. The van der Waals surface area contributed by atoms with Crippen molar-refractivity contribution in [3.8, 4) is 0 Å². The van der Waals surface area contributed by atoms with Crippen molar-refractivity contribution in [2.45, 2.75) is 11.7 Å². The van der Waals surface area contributed by atoms with Crippen molar-refractivity contribution >= 4 is 29.5 Å². The zero-order valence-corrected chi connectivity index (χ0v) is 8.89. The van der Waals surface area contributed by atoms with Gasteiger partial charge in [-0.2, -0.15) is 11.8 Å². The lowest BCUT2D eigenvalue weighted by molar-refractivity contribution is -0.142. The minimum atomic E-state index is -0.326. The SMILES string of the molecule is CNC(=O)CN1C(=O)CC(SC)C1=O. The molecule has 1 N–H and O–H groups in total. The number of amides is 3. The summed E-state index contributed by atoms with van der Waals surface area (Å²) in [5.41, 5.74) is 0. The van der Waals surface area contributed by atoms with Crippen LogP contribution in [0.15, 0.2) is 0 Å². The summed E-state index contributed by atoms with van der Waals surface area (Å²) in [6.07, 6.45) is 1.98. The maximum absolute atomic E-state index is 11.5. The van der Waals surface area contributed by atoms with E-state index in [1.807, 2.05) is 0 Å². The van der Waals surface area contributed by atoms with Crippen molar-refractivity contribution in [2.75, 3.05) is 19.8 Å². The normalized spacial score (nSPS) is 21.6. The van der Waals surface area contributed by atoms with Crippen molar-refractivity contribution in [2.24, 2.45) is 0 Å². The van der Waals surface area contributed by atoms with Crippen LogP contribution >= 0.6 is 11.8 Å². The number of likely N-dealkylation sites (N-methyl/N-ethyl adjacent to an activating group) is 1. The Morgan fingerprint density at radius 2 is 2.29 bits per heavy atom. The van der Waals surface area contributed by atoms with Gasteiger partial charge in [0, 0.05) is 13.5 Å². The van der Waals surface area contributed by atoms with E-state index < -0.39 is 0 Å². The van der Waals surface area contributed by atoms with Crippen molar-refractivity contribution in [1.82, 2.24) is 10.2 Å². The average molecular weight is 216 g/mol. The van der Waals surface area contributed by atoms with Gasteiger partial charge in [-0.1, -0.05) is 0 Å². The van der Waals surface area contributed by atoms with Gasteiger partial charge in [0.2, 0.25) is 17.7 Å². The summed E-state index contributed by atoms with van der Waals surface area (Å²) in [5.74, 6) is -0.850. The second kappa shape index (κ2) is 4.45. The highest BCUT2D eigenvalue weighted by atomic mass is 32.2. The van der Waals surface area contributed by atoms with Gasteiger partial charge in [-0.25, -0.2) is 0 Å². The molecular formula is C8H12N2O3S. The topological polar surface area (TPSA) is 66.5 Å². The lowest BCUT2D eigenvalue weighted by Crippen LogP contribution is -2.39. The molecule has 0 spiro atoms. The van der Waals surface area contributed by atoms with Gasteiger partial charge in [0.25, 0.3) is 0 Å². The van der Waals surface area contributed by atoms with Crippen LogP contribution < -0.4 is 5.32 Å². The highest BCUT2D eigenvalue weighted by Gasteiger charge is 2.38. The third-order valence-electron chi connectivity index (χ3n) is 2.07. The molecule has 1 saturated heterocycles. The first-order valence-electron chi connectivity index (χ1n) is 4.17. The third-order valence-corrected chi connectivity index (χ3v) is 3.00. The number of thioether (sulfide) groups is 1. The number of carbonyl (C=O) groups excluding carboxylic acids is 3. The molecule has 14 heavy (non-hydrogen) atoms. The molecule has 6 heteroatoms. The van der Waals surface area contributed by atoms with Gasteiger partial charge in [0.05, 0.1) is 5.25 Å². The number of rotatable bonds is 3. The maximum atomic E-state index is 11.5. The molecule has 3 amide bonds. The van der Waals surface area contributed by atoms with Gasteiger partial charge < -0.3 is 5.32 Å². The molecule has 0 bridgehead atoms. The van der Waals surface area contributed by atoms with Gasteiger partial charge in [0.15, 0.2) is 0 Å². The summed E-state index contributed by atoms with van der Waals surface area (Å²) in [5, 5.41) is 2.06. The van der Waals surface area contributed by atoms with Crippen LogP contribution in [0.2, 0.25) is 0 Å². The molecule has 0 aromatic heterocycles. The Bertz CT molecular complexity index is 280. The highest BCUT2D eigenvalue weighted by molar-refractivity contribution is 8.00. The lowest BCUT2D eigenvalue weighted by atomic mass is 10.4. The van der Waals surface area contributed by atoms with Gasteiger partial charge in [0.1, 0.15) is 6.54 Å². The van der Waals surface area contributed by atoms with Gasteiger partial charge in [-0.3, -0.25) is 19.3 Å². The van der Waals surface area contributed by atoms with Gasteiger partial charge in [-0.05, 0) is 6.26 Å². The molecular weight excluding hydrogens is 204 g/mol. The fourth-order valence-corrected chi connectivity index (χ4v) is 1.86. The Balaban J connectivity index is 2.65. The molecule has 0 aliphatic carbocycles. The number of likely N-dealkylation sites (tertiary alicyclic amines) is 1. The molecule has 0 aromatic carbocycles. The minimum absolute atomic E-state index is 0.161. The van der Waals surface area contributed by atoms with Crippen molar-refractivity contribution in [3.05, 3.63) is 0 Å². The van der Waals surface area contributed by atoms with Crippen LogP contribution in [-0.4, -0.2) is 47.7 Å². The summed E-state index contributed by atoms with van der Waals surface area (Å²) in [7, 11) is 1.47. The van der Waals surface area contributed by atoms with Crippen molar-refractivity contribution < 1.29 is 14.4 Å². The van der Waals surface area contributed by atoms with Crippen molar-refractivity contribution in [1.29, 1.82) is 0 Å². The van der Waals surface area contributed by atoms with E-state index in [2.05, 4.69) is 5.32 Å². The molecule has 78 valence electrons. The predicted octanol–water partition coefficient (Wildman–Crippen LogP) is -0.777. The first-order chi connectivity index (χ1) is 6.60. The van der Waals surface area contributed by atoms with Crippen LogP contribution in [-0.2, 0) is 14.4 Å². The van der Waals surface area contributed by atoms with Crippen LogP contribution in [0.1, 0.15) is 6.42 Å². The number of nitrogens with one attached hydrogen (secondary N) is 1. The molecule has 1 aliphatic rings. The number of hydrogen-bond donors (Lipinski definition) is 1. The summed E-state index contributed by atoms with van der Waals surface area (Å²) >= 11 is 1.34. The number of imide groups is 1. The molecule has 1 rings (SSSR count). The molecule has 1 fully saturated rings. The molecule has 5 nitrogen and oxygen atoms in total. The van der Waals surface area contributed by atoms with Crippen LogP contribution in [0, 0.1) is 0 Å². The molecule has 1 heterocycles. The summed E-state index contributed by atoms with van der Waals surface area (Å²) < 4.78 is 0. The molecule has 0 aromatic rings. The monoisotopic (exact) mass is 216 g/mol. The quantitative estimate of drug-likeness (QED) is 0.629. The predicted molar refractivity (Wildman–Crippen MR) is 52.7 cm³/mol. The molecule has 0 saturated carbocycles. The van der Waals surface area contributed by atoms with Gasteiger partial charge >= 0.3 is 0 Å². The first kappa shape index (κ1) is 11.0. The molecule has 1 atom stereocenters. The Labute approximate surface area is 86.2 Å². The van der Waals surface area contributed by atoms with Crippen molar-refractivity contribution in [3.63, 3.8) is 0 Å². The van der Waals surface area contributed by atoms with E-state index in [1.54, 1.807) is 6.26 Å². The van der Waals surface area contributed by atoms with E-state index in [4.69, 9.17) is 0 Å². The fourth-order valence-electron chi connectivity index (χ4n) is 1.23. The van der Waals surface area contributed by atoms with E-state index in [9.17, 15) is 14.4 Å². The van der Waals surface area contributed by atoms with E-state index in [0.29, 0.717) is 0 Å². The standard InChI is InChI=1S/C8H12N2O3S/c1-9-6(11)4-10-7(12)3-5(14-2)8(10)13/h5H,3-4H2,1-2H3,(H,9,11). The maximum Gasteiger partial charge on any atom is 0.243 e. The Morgan fingerprint density at radius 1 is 1.64 bits per heavy atom. The Morgan fingerprint density at radius 3 is 2.71 bits per heavy atom. The minimum Gasteiger partial charge on any atom is -0.358 e.